The number of benzene rings is 1. The van der Waals surface area contributed by atoms with Gasteiger partial charge in [0.2, 0.25) is 16.0 Å². The van der Waals surface area contributed by atoms with Crippen molar-refractivity contribution in [1.82, 2.24) is 19.6 Å². The second-order valence-electron chi connectivity index (χ2n) is 9.66. The molecule has 2 heterocycles. The Hall–Kier alpha value is -2.18. The Balaban J connectivity index is 1.56. The van der Waals surface area contributed by atoms with Crippen LogP contribution in [-0.4, -0.2) is 82.1 Å². The van der Waals surface area contributed by atoms with Crippen LogP contribution in [0.15, 0.2) is 18.3 Å². The quantitative estimate of drug-likeness (QED) is 0.408. The van der Waals surface area contributed by atoms with Crippen LogP contribution in [0.1, 0.15) is 36.8 Å². The van der Waals surface area contributed by atoms with Crippen LogP contribution < -0.4 is 20.1 Å². The van der Waals surface area contributed by atoms with E-state index in [9.17, 15) is 8.42 Å². The number of methoxy groups -OCH3 is 2. The molecule has 0 radical (unpaired) electrons. The number of nitrogens with zero attached hydrogens (tertiary/aromatic N) is 3. The molecule has 12 heteroatoms. The number of anilines is 3. The zero-order chi connectivity index (χ0) is 26.4. The Morgan fingerprint density at radius 3 is 2.62 bits per heavy atom. The highest BCUT2D eigenvalue weighted by Gasteiger charge is 2.28. The van der Waals surface area contributed by atoms with E-state index in [1.807, 2.05) is 6.07 Å². The molecule has 0 amide bonds. The fourth-order valence-electron chi connectivity index (χ4n) is 5.14. The lowest BCUT2D eigenvalue weighted by atomic mass is 9.91. The summed E-state index contributed by atoms with van der Waals surface area (Å²) in [5, 5.41) is 7.14. The highest BCUT2D eigenvalue weighted by Crippen LogP contribution is 2.36. The van der Waals surface area contributed by atoms with E-state index < -0.39 is 10.0 Å². The molecule has 1 aliphatic heterocycles. The summed E-state index contributed by atoms with van der Waals surface area (Å²) in [5.74, 6) is 1.59. The van der Waals surface area contributed by atoms with E-state index in [2.05, 4.69) is 36.3 Å². The van der Waals surface area contributed by atoms with E-state index in [-0.39, 0.29) is 12.1 Å². The lowest BCUT2D eigenvalue weighted by molar-refractivity contribution is 0.150. The van der Waals surface area contributed by atoms with Gasteiger partial charge in [0.25, 0.3) is 0 Å². The molecule has 1 aromatic carbocycles. The van der Waals surface area contributed by atoms with Crippen LogP contribution in [0.5, 0.6) is 5.75 Å². The zero-order valence-electron chi connectivity index (χ0n) is 21.7. The first kappa shape index (κ1) is 27.8. The average molecular weight is 553 g/mol. The average Bonchev–Trinajstić information content (AvgIpc) is 3.08. The molecule has 2 atom stereocenters. The lowest BCUT2D eigenvalue weighted by Crippen LogP contribution is -2.48. The van der Waals surface area contributed by atoms with E-state index in [0.29, 0.717) is 23.4 Å². The molecule has 3 N–H and O–H groups in total. The third-order valence-corrected chi connectivity index (χ3v) is 8.02. The van der Waals surface area contributed by atoms with Gasteiger partial charge in [-0.1, -0.05) is 30.5 Å². The normalized spacial score (nSPS) is 20.6. The monoisotopic (exact) mass is 552 g/mol. The van der Waals surface area contributed by atoms with Crippen LogP contribution in [0.25, 0.3) is 0 Å². The fraction of sp³-hybridized carbons (Fsp3) is 0.600. The summed E-state index contributed by atoms with van der Waals surface area (Å²) in [6.07, 6.45) is 8.08. The van der Waals surface area contributed by atoms with Gasteiger partial charge in [0.1, 0.15) is 10.8 Å². The Kier molecular flexibility index (Phi) is 9.46. The van der Waals surface area contributed by atoms with Crippen molar-refractivity contribution in [2.45, 2.75) is 50.6 Å². The van der Waals surface area contributed by atoms with Gasteiger partial charge < -0.3 is 25.0 Å². The van der Waals surface area contributed by atoms with Gasteiger partial charge in [-0.3, -0.25) is 0 Å². The van der Waals surface area contributed by atoms with Gasteiger partial charge in [0, 0.05) is 38.8 Å². The minimum absolute atomic E-state index is 0.121. The Morgan fingerprint density at radius 1 is 1.14 bits per heavy atom. The van der Waals surface area contributed by atoms with Crippen molar-refractivity contribution in [3.63, 3.8) is 0 Å². The van der Waals surface area contributed by atoms with Gasteiger partial charge in [-0.05, 0) is 42.9 Å². The predicted octanol–water partition coefficient (Wildman–Crippen LogP) is 3.20. The largest absolute Gasteiger partial charge is 0.495 e. The highest BCUT2D eigenvalue weighted by molar-refractivity contribution is 7.88. The summed E-state index contributed by atoms with van der Waals surface area (Å²) in [6, 6.07) is 3.76. The number of sulfonamides is 1. The SMILES string of the molecule is COCCN1CCc2ccc(OC)c(Nc3ncc(Cl)c(N[C@@H]4CCCC[C@H]4NS(C)(=O)=O)n3)c2CC1. The number of hydrogen-bond acceptors (Lipinski definition) is 9. The molecule has 0 saturated heterocycles. The maximum atomic E-state index is 11.9. The number of halogens is 1. The standard InChI is InChI=1S/C25H37ClN6O4S/c1-35-15-14-32-12-10-17-8-9-22(36-2)23(18(17)11-13-32)29-25-27-16-19(26)24(30-25)28-20-6-4-5-7-21(20)31-37(3,33)34/h8-9,16,20-21,31H,4-7,10-15H2,1-3H3,(H2,27,28,29,30)/t20-,21-/m1/s1. The lowest BCUT2D eigenvalue weighted by Gasteiger charge is -2.32. The summed E-state index contributed by atoms with van der Waals surface area (Å²) < 4.78 is 37.5. The summed E-state index contributed by atoms with van der Waals surface area (Å²) in [7, 11) is 0.0533. The third-order valence-electron chi connectivity index (χ3n) is 7.01. The van der Waals surface area contributed by atoms with Crippen molar-refractivity contribution in [2.24, 2.45) is 0 Å². The van der Waals surface area contributed by atoms with Crippen molar-refractivity contribution >= 4 is 39.1 Å². The molecule has 2 aliphatic rings. The third kappa shape index (κ3) is 7.44. The Bertz CT molecular complexity index is 1180. The minimum Gasteiger partial charge on any atom is -0.495 e. The van der Waals surface area contributed by atoms with Crippen molar-refractivity contribution in [3.05, 3.63) is 34.5 Å². The maximum Gasteiger partial charge on any atom is 0.229 e. The predicted molar refractivity (Wildman–Crippen MR) is 147 cm³/mol. The van der Waals surface area contributed by atoms with Crippen LogP contribution >= 0.6 is 11.6 Å². The molecule has 10 nitrogen and oxygen atoms in total. The van der Waals surface area contributed by atoms with E-state index in [1.54, 1.807) is 20.4 Å². The zero-order valence-corrected chi connectivity index (χ0v) is 23.3. The van der Waals surface area contributed by atoms with Crippen molar-refractivity contribution < 1.29 is 17.9 Å². The minimum atomic E-state index is -3.33. The number of aromatic nitrogens is 2. The topological polar surface area (TPSA) is 118 Å². The molecule has 1 saturated carbocycles. The summed E-state index contributed by atoms with van der Waals surface area (Å²) in [6.45, 7) is 3.50. The molecule has 0 unspecified atom stereocenters. The smallest absolute Gasteiger partial charge is 0.229 e. The first-order valence-corrected chi connectivity index (χ1v) is 15.0. The molecular weight excluding hydrogens is 516 g/mol. The maximum absolute atomic E-state index is 11.9. The van der Waals surface area contributed by atoms with E-state index in [0.717, 1.165) is 69.6 Å². The second-order valence-corrected chi connectivity index (χ2v) is 11.8. The number of ether oxygens (including phenoxy) is 2. The van der Waals surface area contributed by atoms with Crippen LogP contribution in [0, 0.1) is 0 Å². The van der Waals surface area contributed by atoms with Crippen LogP contribution in [0.2, 0.25) is 5.02 Å². The molecule has 1 aromatic heterocycles. The number of hydrogen-bond donors (Lipinski definition) is 3. The summed E-state index contributed by atoms with van der Waals surface area (Å²) in [5.41, 5.74) is 3.32. The number of nitrogens with one attached hydrogen (secondary N) is 3. The number of rotatable bonds is 10. The van der Waals surface area contributed by atoms with Crippen molar-refractivity contribution in [1.29, 1.82) is 0 Å². The number of fused-ring (bicyclic) bond motifs is 1. The van der Waals surface area contributed by atoms with E-state index in [1.165, 1.54) is 17.4 Å². The van der Waals surface area contributed by atoms with Gasteiger partial charge in [-0.2, -0.15) is 4.98 Å². The molecule has 204 valence electrons. The van der Waals surface area contributed by atoms with Crippen LogP contribution in [0.4, 0.5) is 17.5 Å². The first-order valence-electron chi connectivity index (χ1n) is 12.7. The van der Waals surface area contributed by atoms with Gasteiger partial charge in [-0.25, -0.2) is 18.1 Å². The molecule has 1 aliphatic carbocycles. The molecule has 4 rings (SSSR count). The van der Waals surface area contributed by atoms with Crippen LogP contribution in [-0.2, 0) is 27.6 Å². The molecule has 0 bridgehead atoms. The van der Waals surface area contributed by atoms with Crippen molar-refractivity contribution in [2.75, 3.05) is 57.4 Å². The molecule has 2 aromatic rings. The van der Waals surface area contributed by atoms with Gasteiger partial charge >= 0.3 is 0 Å². The molecule has 1 fully saturated rings. The first-order chi connectivity index (χ1) is 17.8. The summed E-state index contributed by atoms with van der Waals surface area (Å²) >= 11 is 6.46. The van der Waals surface area contributed by atoms with Crippen LogP contribution in [0.3, 0.4) is 0 Å². The Labute approximate surface area is 224 Å². The molecule has 37 heavy (non-hydrogen) atoms. The molecule has 0 spiro atoms. The van der Waals surface area contributed by atoms with Crippen molar-refractivity contribution in [3.8, 4) is 5.75 Å². The highest BCUT2D eigenvalue weighted by atomic mass is 35.5. The van der Waals surface area contributed by atoms with Gasteiger partial charge in [-0.15, -0.1) is 0 Å². The fourth-order valence-corrected chi connectivity index (χ4v) is 6.11. The van der Waals surface area contributed by atoms with Gasteiger partial charge in [0.15, 0.2) is 5.82 Å². The summed E-state index contributed by atoms with van der Waals surface area (Å²) in [4.78, 5) is 11.5. The Morgan fingerprint density at radius 2 is 1.89 bits per heavy atom. The van der Waals surface area contributed by atoms with Gasteiger partial charge in [0.05, 0.1) is 31.9 Å². The second kappa shape index (κ2) is 12.6. The van der Waals surface area contributed by atoms with E-state index >= 15 is 0 Å². The molecular formula is C25H37ClN6O4S. The van der Waals surface area contributed by atoms with E-state index in [4.69, 9.17) is 21.1 Å².